The van der Waals surface area contributed by atoms with Crippen molar-refractivity contribution in [2.45, 2.75) is 11.3 Å². The molecule has 1 aromatic heterocycles. The van der Waals surface area contributed by atoms with E-state index in [1.165, 1.54) is 12.1 Å². The molecule has 0 spiro atoms. The topological polar surface area (TPSA) is 115 Å². The third kappa shape index (κ3) is 4.03. The number of nitrogens with zero attached hydrogens (tertiary/aromatic N) is 1. The Morgan fingerprint density at radius 3 is 2.59 bits per heavy atom. The van der Waals surface area contributed by atoms with Gasteiger partial charge in [0.1, 0.15) is 5.69 Å². The van der Waals surface area contributed by atoms with Gasteiger partial charge >= 0.3 is 5.69 Å². The van der Waals surface area contributed by atoms with Crippen LogP contribution in [-0.4, -0.2) is 19.9 Å². The van der Waals surface area contributed by atoms with Crippen LogP contribution >= 0.6 is 27.3 Å². The predicted octanol–water partition coefficient (Wildman–Crippen LogP) is 2.72. The van der Waals surface area contributed by atoms with Crippen LogP contribution in [0.15, 0.2) is 39.0 Å². The maximum Gasteiger partial charge on any atom is 0.312 e. The van der Waals surface area contributed by atoms with E-state index in [4.69, 9.17) is 5.14 Å². The van der Waals surface area contributed by atoms with Gasteiger partial charge in [-0.05, 0) is 46.6 Å². The van der Waals surface area contributed by atoms with Crippen LogP contribution < -0.4 is 10.5 Å². The average molecular weight is 406 g/mol. The highest BCUT2D eigenvalue weighted by Crippen LogP contribution is 2.31. The van der Waals surface area contributed by atoms with E-state index in [9.17, 15) is 18.5 Å². The molecular formula is C12H12BrN3O4S2. The number of nitrogens with two attached hydrogens (primary N) is 1. The molecule has 7 nitrogen and oxygen atoms in total. The smallest absolute Gasteiger partial charge is 0.312 e. The molecule has 0 radical (unpaired) electrons. The lowest BCUT2D eigenvalue weighted by atomic mass is 10.2. The van der Waals surface area contributed by atoms with Crippen molar-refractivity contribution in [3.63, 3.8) is 0 Å². The van der Waals surface area contributed by atoms with Crippen molar-refractivity contribution in [3.05, 3.63) is 49.1 Å². The fraction of sp³-hybridized carbons (Fsp3) is 0.167. The largest absolute Gasteiger partial charge is 0.379 e. The predicted molar refractivity (Wildman–Crippen MR) is 88.7 cm³/mol. The van der Waals surface area contributed by atoms with Crippen LogP contribution in [0.4, 0.5) is 11.4 Å². The molecule has 0 atom stereocenters. The van der Waals surface area contributed by atoms with Crippen LogP contribution in [0.25, 0.3) is 0 Å². The minimum absolute atomic E-state index is 0.132. The zero-order valence-electron chi connectivity index (χ0n) is 11.2. The van der Waals surface area contributed by atoms with E-state index in [1.54, 1.807) is 11.3 Å². The Morgan fingerprint density at radius 1 is 1.32 bits per heavy atom. The molecule has 0 saturated carbocycles. The molecule has 0 unspecified atom stereocenters. The number of nitro groups is 1. The quantitative estimate of drug-likeness (QED) is 0.565. The number of anilines is 1. The number of hydrogen-bond donors (Lipinski definition) is 2. The lowest BCUT2D eigenvalue weighted by Gasteiger charge is -2.08. The highest BCUT2D eigenvalue weighted by atomic mass is 79.9. The van der Waals surface area contributed by atoms with E-state index in [0.717, 1.165) is 14.7 Å². The molecule has 0 aliphatic heterocycles. The second-order valence-corrected chi connectivity index (χ2v) is 8.41. The summed E-state index contributed by atoms with van der Waals surface area (Å²) in [6.45, 7) is 0.432. The summed E-state index contributed by atoms with van der Waals surface area (Å²) in [5.74, 6) is 0. The molecule has 10 heteroatoms. The molecule has 118 valence electrons. The van der Waals surface area contributed by atoms with Crippen LogP contribution in [0.1, 0.15) is 4.88 Å². The Balaban J connectivity index is 2.22. The zero-order valence-corrected chi connectivity index (χ0v) is 14.4. The highest BCUT2D eigenvalue weighted by molar-refractivity contribution is 9.11. The summed E-state index contributed by atoms with van der Waals surface area (Å²) >= 11 is 4.93. The molecule has 22 heavy (non-hydrogen) atoms. The van der Waals surface area contributed by atoms with Crippen LogP contribution in [0.3, 0.4) is 0 Å². The minimum atomic E-state index is -4.16. The molecule has 2 aromatic rings. The molecule has 0 amide bonds. The summed E-state index contributed by atoms with van der Waals surface area (Å²) in [4.78, 5) is 11.0. The van der Waals surface area contributed by atoms with Gasteiger partial charge in [0.15, 0.2) is 4.90 Å². The number of para-hydroxylation sites is 1. The van der Waals surface area contributed by atoms with Gasteiger partial charge in [-0.3, -0.25) is 10.1 Å². The van der Waals surface area contributed by atoms with Crippen LogP contribution in [0.5, 0.6) is 0 Å². The first kappa shape index (κ1) is 16.9. The molecule has 0 bridgehead atoms. The Labute approximate surface area is 139 Å². The molecule has 1 aromatic carbocycles. The number of benzene rings is 1. The Hall–Kier alpha value is -1.49. The Bertz CT molecular complexity index is 804. The third-order valence-corrected chi connectivity index (χ3v) is 5.43. The summed E-state index contributed by atoms with van der Waals surface area (Å²) in [6, 6.07) is 7.86. The Kier molecular flexibility index (Phi) is 5.16. The summed E-state index contributed by atoms with van der Waals surface area (Å²) in [5, 5.41) is 19.1. The van der Waals surface area contributed by atoms with Gasteiger partial charge in [0.05, 0.1) is 8.71 Å². The van der Waals surface area contributed by atoms with Crippen molar-refractivity contribution in [2.24, 2.45) is 5.14 Å². The Morgan fingerprint density at radius 2 is 2.05 bits per heavy atom. The molecular weight excluding hydrogens is 394 g/mol. The number of nitro benzene ring substituents is 1. The van der Waals surface area contributed by atoms with Crippen molar-refractivity contribution in [2.75, 3.05) is 11.9 Å². The van der Waals surface area contributed by atoms with E-state index < -0.39 is 25.5 Å². The lowest BCUT2D eigenvalue weighted by Crippen LogP contribution is -2.16. The van der Waals surface area contributed by atoms with E-state index in [0.29, 0.717) is 13.0 Å². The highest BCUT2D eigenvalue weighted by Gasteiger charge is 2.26. The van der Waals surface area contributed by atoms with Gasteiger partial charge in [-0.2, -0.15) is 0 Å². The number of sulfonamides is 1. The third-order valence-electron chi connectivity index (χ3n) is 2.80. The number of thiophene rings is 1. The van der Waals surface area contributed by atoms with Gasteiger partial charge in [-0.15, -0.1) is 11.3 Å². The van der Waals surface area contributed by atoms with E-state index in [1.807, 2.05) is 12.1 Å². The van der Waals surface area contributed by atoms with E-state index in [-0.39, 0.29) is 5.69 Å². The number of nitrogens with one attached hydrogen (secondary N) is 1. The molecule has 0 fully saturated rings. The van der Waals surface area contributed by atoms with Gasteiger partial charge in [0, 0.05) is 11.4 Å². The van der Waals surface area contributed by atoms with Crippen molar-refractivity contribution in [3.8, 4) is 0 Å². The van der Waals surface area contributed by atoms with Gasteiger partial charge in [0.2, 0.25) is 10.0 Å². The summed E-state index contributed by atoms with van der Waals surface area (Å²) in [7, 11) is -4.16. The summed E-state index contributed by atoms with van der Waals surface area (Å²) in [6.07, 6.45) is 0.660. The van der Waals surface area contributed by atoms with Gasteiger partial charge in [-0.25, -0.2) is 13.6 Å². The monoisotopic (exact) mass is 405 g/mol. The zero-order chi connectivity index (χ0) is 16.3. The first-order valence-corrected chi connectivity index (χ1v) is 9.23. The molecule has 3 N–H and O–H groups in total. The molecule has 2 rings (SSSR count). The van der Waals surface area contributed by atoms with Crippen molar-refractivity contribution in [1.29, 1.82) is 0 Å². The summed E-state index contributed by atoms with van der Waals surface area (Å²) in [5.41, 5.74) is -0.399. The molecule has 1 heterocycles. The van der Waals surface area contributed by atoms with Gasteiger partial charge in [0.25, 0.3) is 0 Å². The van der Waals surface area contributed by atoms with E-state index >= 15 is 0 Å². The molecule has 0 saturated heterocycles. The van der Waals surface area contributed by atoms with Crippen LogP contribution in [0.2, 0.25) is 0 Å². The number of rotatable bonds is 6. The normalized spacial score (nSPS) is 11.4. The van der Waals surface area contributed by atoms with Crippen LogP contribution in [-0.2, 0) is 16.4 Å². The van der Waals surface area contributed by atoms with Crippen LogP contribution in [0, 0.1) is 10.1 Å². The van der Waals surface area contributed by atoms with Gasteiger partial charge in [-0.1, -0.05) is 6.07 Å². The van der Waals surface area contributed by atoms with Crippen molar-refractivity contribution < 1.29 is 13.3 Å². The van der Waals surface area contributed by atoms with E-state index in [2.05, 4.69) is 21.2 Å². The SMILES string of the molecule is NS(=O)(=O)c1cccc(NCCc2ccc(Br)s2)c1[N+](=O)[O-]. The molecule has 0 aliphatic carbocycles. The summed E-state index contributed by atoms with van der Waals surface area (Å²) < 4.78 is 23.9. The molecule has 0 aliphatic rings. The number of hydrogen-bond acceptors (Lipinski definition) is 6. The van der Waals surface area contributed by atoms with Gasteiger partial charge < -0.3 is 5.32 Å². The second kappa shape index (κ2) is 6.73. The van der Waals surface area contributed by atoms with Crippen molar-refractivity contribution in [1.82, 2.24) is 0 Å². The lowest BCUT2D eigenvalue weighted by molar-refractivity contribution is -0.386. The average Bonchev–Trinajstić information content (AvgIpc) is 2.83. The second-order valence-electron chi connectivity index (χ2n) is 4.34. The number of halogens is 1. The number of primary sulfonamides is 1. The maximum absolute atomic E-state index is 11.5. The maximum atomic E-state index is 11.5. The minimum Gasteiger partial charge on any atom is -0.379 e. The first-order chi connectivity index (χ1) is 10.3. The van der Waals surface area contributed by atoms with Crippen molar-refractivity contribution >= 4 is 48.7 Å². The standard InChI is InChI=1S/C12H12BrN3O4S2/c13-11-5-4-8(21-11)6-7-15-9-2-1-3-10(22(14,19)20)12(9)16(17)18/h1-5,15H,6-7H2,(H2,14,19,20). The fourth-order valence-corrected chi connectivity index (χ4v) is 4.09. The fourth-order valence-electron chi connectivity index (χ4n) is 1.89. The first-order valence-electron chi connectivity index (χ1n) is 6.07.